The van der Waals surface area contributed by atoms with Gasteiger partial charge in [-0.05, 0) is 31.3 Å². The Labute approximate surface area is 78.0 Å². The number of nitrogens with zero attached hydrogens (tertiary/aromatic N) is 1. The minimum atomic E-state index is 0.388. The molecule has 0 amide bonds. The molecular formula is C9H12N2S. The second-order valence-electron chi connectivity index (χ2n) is 2.73. The van der Waals surface area contributed by atoms with Gasteiger partial charge in [0.2, 0.25) is 0 Å². The lowest BCUT2D eigenvalue weighted by atomic mass is 10.2. The molecule has 0 aliphatic heterocycles. The molecule has 3 heteroatoms. The van der Waals surface area contributed by atoms with Crippen LogP contribution in [0.25, 0.3) is 0 Å². The van der Waals surface area contributed by atoms with Crippen molar-refractivity contribution in [3.63, 3.8) is 0 Å². The lowest BCUT2D eigenvalue weighted by Gasteiger charge is -2.16. The van der Waals surface area contributed by atoms with Gasteiger partial charge in [-0.1, -0.05) is 17.7 Å². The Bertz CT molecular complexity index is 279. The van der Waals surface area contributed by atoms with E-state index in [-0.39, 0.29) is 0 Å². The fourth-order valence-corrected chi connectivity index (χ4v) is 1.00. The van der Waals surface area contributed by atoms with E-state index in [0.29, 0.717) is 5.11 Å². The smallest absolute Gasteiger partial charge is 0.170 e. The predicted molar refractivity (Wildman–Crippen MR) is 56.4 cm³/mol. The van der Waals surface area contributed by atoms with E-state index in [1.807, 2.05) is 38.2 Å². The summed E-state index contributed by atoms with van der Waals surface area (Å²) < 4.78 is 0. The van der Waals surface area contributed by atoms with E-state index in [4.69, 9.17) is 18.0 Å². The van der Waals surface area contributed by atoms with Crippen LogP contribution in [0, 0.1) is 6.92 Å². The maximum absolute atomic E-state index is 5.46. The highest BCUT2D eigenvalue weighted by molar-refractivity contribution is 7.80. The summed E-state index contributed by atoms with van der Waals surface area (Å²) >= 11 is 4.84. The molecule has 0 atom stereocenters. The zero-order valence-electron chi connectivity index (χ0n) is 7.24. The number of thiocarbonyl (C=S) groups is 1. The number of hydrogen-bond donors (Lipinski definition) is 1. The molecule has 0 bridgehead atoms. The summed E-state index contributed by atoms with van der Waals surface area (Å²) in [6.45, 7) is 2.05. The van der Waals surface area contributed by atoms with Crippen LogP contribution < -0.4 is 10.6 Å². The molecule has 0 aliphatic rings. The fourth-order valence-electron chi connectivity index (χ4n) is 0.896. The minimum absolute atomic E-state index is 0.388. The highest BCUT2D eigenvalue weighted by atomic mass is 32.1. The van der Waals surface area contributed by atoms with Crippen LogP contribution >= 0.6 is 12.2 Å². The Kier molecular flexibility index (Phi) is 2.65. The summed E-state index contributed by atoms with van der Waals surface area (Å²) in [5.41, 5.74) is 7.72. The monoisotopic (exact) mass is 180 g/mol. The molecule has 0 aliphatic carbocycles. The van der Waals surface area contributed by atoms with E-state index in [1.54, 1.807) is 4.90 Å². The van der Waals surface area contributed by atoms with Crippen LogP contribution in [0.15, 0.2) is 24.3 Å². The number of rotatable bonds is 1. The Balaban J connectivity index is 2.89. The van der Waals surface area contributed by atoms with Crippen molar-refractivity contribution in [1.82, 2.24) is 0 Å². The second-order valence-corrected chi connectivity index (χ2v) is 3.15. The molecule has 0 saturated heterocycles. The van der Waals surface area contributed by atoms with E-state index in [1.165, 1.54) is 5.56 Å². The highest BCUT2D eigenvalue weighted by Gasteiger charge is 2.00. The van der Waals surface area contributed by atoms with Crippen LogP contribution in [-0.4, -0.2) is 12.2 Å². The average molecular weight is 180 g/mol. The third-order valence-corrected chi connectivity index (χ3v) is 2.03. The van der Waals surface area contributed by atoms with E-state index >= 15 is 0 Å². The number of benzene rings is 1. The molecular weight excluding hydrogens is 168 g/mol. The summed E-state index contributed by atoms with van der Waals surface area (Å²) in [6, 6.07) is 8.05. The normalized spacial score (nSPS) is 9.50. The minimum Gasteiger partial charge on any atom is -0.376 e. The lowest BCUT2D eigenvalue weighted by Crippen LogP contribution is -2.31. The van der Waals surface area contributed by atoms with Gasteiger partial charge >= 0.3 is 0 Å². The maximum Gasteiger partial charge on any atom is 0.170 e. The van der Waals surface area contributed by atoms with Gasteiger partial charge in [-0.3, -0.25) is 0 Å². The van der Waals surface area contributed by atoms with Gasteiger partial charge < -0.3 is 10.6 Å². The molecule has 1 rings (SSSR count). The van der Waals surface area contributed by atoms with Gasteiger partial charge in [0.05, 0.1) is 0 Å². The maximum atomic E-state index is 5.46. The Morgan fingerprint density at radius 2 is 1.83 bits per heavy atom. The van der Waals surface area contributed by atoms with E-state index in [2.05, 4.69) is 0 Å². The molecule has 2 N–H and O–H groups in total. The molecule has 0 aromatic heterocycles. The first-order valence-electron chi connectivity index (χ1n) is 3.71. The summed E-state index contributed by atoms with van der Waals surface area (Å²) in [5, 5.41) is 0.388. The Hall–Kier alpha value is -1.09. The van der Waals surface area contributed by atoms with Crippen LogP contribution in [0.1, 0.15) is 5.56 Å². The molecule has 1 aromatic carbocycles. The van der Waals surface area contributed by atoms with Crippen molar-refractivity contribution < 1.29 is 0 Å². The molecule has 12 heavy (non-hydrogen) atoms. The van der Waals surface area contributed by atoms with Gasteiger partial charge in [0.15, 0.2) is 5.11 Å². The average Bonchev–Trinajstić information content (AvgIpc) is 2.04. The Morgan fingerprint density at radius 1 is 1.33 bits per heavy atom. The van der Waals surface area contributed by atoms with E-state index in [9.17, 15) is 0 Å². The van der Waals surface area contributed by atoms with Crippen LogP contribution in [0.2, 0.25) is 0 Å². The quantitative estimate of drug-likeness (QED) is 0.667. The molecule has 0 spiro atoms. The third kappa shape index (κ3) is 1.95. The molecule has 2 nitrogen and oxygen atoms in total. The van der Waals surface area contributed by atoms with E-state index < -0.39 is 0 Å². The Morgan fingerprint density at radius 3 is 2.25 bits per heavy atom. The third-order valence-electron chi connectivity index (χ3n) is 1.75. The zero-order valence-corrected chi connectivity index (χ0v) is 8.06. The number of aryl methyl sites for hydroxylation is 1. The molecule has 1 aromatic rings. The number of anilines is 1. The van der Waals surface area contributed by atoms with Crippen molar-refractivity contribution in [2.75, 3.05) is 11.9 Å². The van der Waals surface area contributed by atoms with Gasteiger partial charge in [-0.2, -0.15) is 0 Å². The van der Waals surface area contributed by atoms with Gasteiger partial charge in [0, 0.05) is 12.7 Å². The summed E-state index contributed by atoms with van der Waals surface area (Å²) in [6.07, 6.45) is 0. The number of nitrogens with two attached hydrogens (primary N) is 1. The first kappa shape index (κ1) is 9.00. The van der Waals surface area contributed by atoms with Crippen molar-refractivity contribution in [3.05, 3.63) is 29.8 Å². The molecule has 0 radical (unpaired) electrons. The predicted octanol–water partition coefficient (Wildman–Crippen LogP) is 1.67. The van der Waals surface area contributed by atoms with Gasteiger partial charge in [-0.15, -0.1) is 0 Å². The van der Waals surface area contributed by atoms with Crippen molar-refractivity contribution >= 4 is 23.0 Å². The summed E-state index contributed by atoms with van der Waals surface area (Å²) in [7, 11) is 1.85. The largest absolute Gasteiger partial charge is 0.376 e. The summed E-state index contributed by atoms with van der Waals surface area (Å²) in [5.74, 6) is 0. The van der Waals surface area contributed by atoms with Crippen LogP contribution in [0.4, 0.5) is 5.69 Å². The van der Waals surface area contributed by atoms with E-state index in [0.717, 1.165) is 5.69 Å². The van der Waals surface area contributed by atoms with Crippen molar-refractivity contribution in [3.8, 4) is 0 Å². The van der Waals surface area contributed by atoms with Gasteiger partial charge in [-0.25, -0.2) is 0 Å². The SMILES string of the molecule is Cc1ccc(N(C)C(N)=S)cc1. The van der Waals surface area contributed by atoms with Crippen molar-refractivity contribution in [2.45, 2.75) is 6.92 Å². The van der Waals surface area contributed by atoms with Crippen LogP contribution in [0.5, 0.6) is 0 Å². The van der Waals surface area contributed by atoms with Crippen molar-refractivity contribution in [2.24, 2.45) is 5.73 Å². The fraction of sp³-hybridized carbons (Fsp3) is 0.222. The lowest BCUT2D eigenvalue weighted by molar-refractivity contribution is 1.26. The highest BCUT2D eigenvalue weighted by Crippen LogP contribution is 2.12. The zero-order chi connectivity index (χ0) is 9.14. The second kappa shape index (κ2) is 3.54. The van der Waals surface area contributed by atoms with Crippen LogP contribution in [0.3, 0.4) is 0 Å². The molecule has 0 unspecified atom stereocenters. The van der Waals surface area contributed by atoms with Crippen molar-refractivity contribution in [1.29, 1.82) is 0 Å². The van der Waals surface area contributed by atoms with Gasteiger partial charge in [0.25, 0.3) is 0 Å². The topological polar surface area (TPSA) is 29.3 Å². The van der Waals surface area contributed by atoms with Gasteiger partial charge in [0.1, 0.15) is 0 Å². The first-order valence-corrected chi connectivity index (χ1v) is 4.12. The molecule has 0 fully saturated rings. The number of hydrogen-bond acceptors (Lipinski definition) is 1. The molecule has 0 saturated carbocycles. The van der Waals surface area contributed by atoms with Crippen LogP contribution in [-0.2, 0) is 0 Å². The molecule has 64 valence electrons. The first-order chi connectivity index (χ1) is 5.61. The summed E-state index contributed by atoms with van der Waals surface area (Å²) in [4.78, 5) is 1.77. The standard InChI is InChI=1S/C9H12N2S/c1-7-3-5-8(6-4-7)11(2)9(10)12/h3-6H,1-2H3,(H2,10,12). The molecule has 0 heterocycles.